The average Bonchev–Trinajstić information content (AvgIpc) is 2.38. The molecule has 1 fully saturated rings. The first-order valence-corrected chi connectivity index (χ1v) is 6.47. The fourth-order valence-electron chi connectivity index (χ4n) is 2.02. The summed E-state index contributed by atoms with van der Waals surface area (Å²) in [6, 6.07) is 5.43. The summed E-state index contributed by atoms with van der Waals surface area (Å²) in [6.45, 7) is 1.90. The molecule has 0 radical (unpaired) electrons. The molecule has 1 aromatic carbocycles. The maximum Gasteiger partial charge on any atom is 0.106 e. The largest absolute Gasteiger partial charge is 0.394 e. The lowest BCUT2D eigenvalue weighted by atomic mass is 10.1. The van der Waals surface area contributed by atoms with Gasteiger partial charge in [-0.15, -0.1) is 0 Å². The van der Waals surface area contributed by atoms with Crippen LogP contribution in [0.4, 0.5) is 5.69 Å². The third kappa shape index (κ3) is 2.92. The van der Waals surface area contributed by atoms with Crippen molar-refractivity contribution in [2.24, 2.45) is 5.73 Å². The molecule has 1 aliphatic heterocycles. The monoisotopic (exact) mass is 286 g/mol. The number of nitrogens with two attached hydrogens (primary N) is 1. The quantitative estimate of drug-likeness (QED) is 0.817. The molecule has 0 saturated carbocycles. The van der Waals surface area contributed by atoms with Crippen molar-refractivity contribution < 1.29 is 9.84 Å². The Balaban J connectivity index is 2.31. The Morgan fingerprint density at radius 1 is 1.61 bits per heavy atom. The Kier molecular flexibility index (Phi) is 4.40. The Bertz CT molecular complexity index is 456. The highest BCUT2D eigenvalue weighted by Gasteiger charge is 2.22. The molecule has 0 aromatic heterocycles. The summed E-state index contributed by atoms with van der Waals surface area (Å²) in [5.41, 5.74) is 7.42. The molecule has 1 atom stereocenters. The van der Waals surface area contributed by atoms with Gasteiger partial charge in [0.25, 0.3) is 0 Å². The van der Waals surface area contributed by atoms with Crippen molar-refractivity contribution in [3.05, 3.63) is 28.8 Å². The van der Waals surface area contributed by atoms with Gasteiger partial charge in [-0.3, -0.25) is 0 Å². The van der Waals surface area contributed by atoms with E-state index >= 15 is 0 Å². The van der Waals surface area contributed by atoms with Crippen molar-refractivity contribution in [2.75, 3.05) is 31.2 Å². The van der Waals surface area contributed by atoms with Gasteiger partial charge in [-0.1, -0.05) is 23.8 Å². The molecule has 0 aliphatic carbocycles. The van der Waals surface area contributed by atoms with Crippen LogP contribution < -0.4 is 10.6 Å². The van der Waals surface area contributed by atoms with E-state index in [-0.39, 0.29) is 12.7 Å². The maximum atomic E-state index is 9.16. The van der Waals surface area contributed by atoms with Gasteiger partial charge in [0.2, 0.25) is 0 Å². The van der Waals surface area contributed by atoms with Crippen LogP contribution in [-0.4, -0.2) is 42.5 Å². The van der Waals surface area contributed by atoms with Crippen LogP contribution in [0.25, 0.3) is 0 Å². The minimum Gasteiger partial charge on any atom is -0.394 e. The van der Waals surface area contributed by atoms with Crippen LogP contribution in [-0.2, 0) is 4.74 Å². The maximum absolute atomic E-state index is 9.16. The number of anilines is 1. The second kappa shape index (κ2) is 5.84. The Hall–Kier alpha value is -0.880. The molecule has 1 saturated heterocycles. The van der Waals surface area contributed by atoms with E-state index in [1.54, 1.807) is 6.07 Å². The Morgan fingerprint density at radius 2 is 2.39 bits per heavy atom. The first-order valence-electron chi connectivity index (χ1n) is 5.68. The summed E-state index contributed by atoms with van der Waals surface area (Å²) >= 11 is 11.1. The third-order valence-electron chi connectivity index (χ3n) is 2.91. The zero-order valence-corrected chi connectivity index (χ0v) is 11.4. The SMILES string of the molecule is NC(=S)c1ccc(Cl)cc1N1CCOC(CO)C1. The number of nitrogens with zero attached hydrogens (tertiary/aromatic N) is 1. The minimum atomic E-state index is -0.183. The number of aliphatic hydroxyl groups is 1. The molecule has 1 aromatic rings. The number of morpholine rings is 1. The zero-order valence-electron chi connectivity index (χ0n) is 9.80. The summed E-state index contributed by atoms with van der Waals surface area (Å²) in [7, 11) is 0. The summed E-state index contributed by atoms with van der Waals surface area (Å²) in [4.78, 5) is 2.43. The number of halogens is 1. The van der Waals surface area contributed by atoms with Crippen LogP contribution in [0.1, 0.15) is 5.56 Å². The fraction of sp³-hybridized carbons (Fsp3) is 0.417. The Labute approximate surface area is 116 Å². The lowest BCUT2D eigenvalue weighted by molar-refractivity contribution is 0.00356. The molecule has 18 heavy (non-hydrogen) atoms. The van der Waals surface area contributed by atoms with E-state index < -0.39 is 0 Å². The number of benzene rings is 1. The van der Waals surface area contributed by atoms with Gasteiger partial charge in [0.1, 0.15) is 4.99 Å². The molecular formula is C12H15ClN2O2S. The van der Waals surface area contributed by atoms with Crippen LogP contribution in [0.5, 0.6) is 0 Å². The van der Waals surface area contributed by atoms with Crippen LogP contribution >= 0.6 is 23.8 Å². The van der Waals surface area contributed by atoms with Crippen molar-refractivity contribution in [1.29, 1.82) is 0 Å². The molecule has 0 spiro atoms. The van der Waals surface area contributed by atoms with Crippen molar-refractivity contribution in [1.82, 2.24) is 0 Å². The van der Waals surface area contributed by atoms with Crippen molar-refractivity contribution in [2.45, 2.75) is 6.10 Å². The highest BCUT2D eigenvalue weighted by molar-refractivity contribution is 7.80. The zero-order chi connectivity index (χ0) is 13.1. The summed E-state index contributed by atoms with van der Waals surface area (Å²) in [6.07, 6.45) is -0.183. The van der Waals surface area contributed by atoms with Crippen LogP contribution in [0.2, 0.25) is 5.02 Å². The smallest absolute Gasteiger partial charge is 0.106 e. The van der Waals surface area contributed by atoms with Gasteiger partial charge in [-0.2, -0.15) is 0 Å². The number of ether oxygens (including phenoxy) is 1. The summed E-state index contributed by atoms with van der Waals surface area (Å²) < 4.78 is 5.42. The number of hydrogen-bond donors (Lipinski definition) is 2. The van der Waals surface area contributed by atoms with E-state index in [9.17, 15) is 0 Å². The lowest BCUT2D eigenvalue weighted by Gasteiger charge is -2.34. The Morgan fingerprint density at radius 3 is 3.06 bits per heavy atom. The topological polar surface area (TPSA) is 58.7 Å². The molecule has 0 bridgehead atoms. The summed E-state index contributed by atoms with van der Waals surface area (Å²) in [5.74, 6) is 0. The van der Waals surface area contributed by atoms with E-state index in [1.165, 1.54) is 0 Å². The van der Waals surface area contributed by atoms with Gasteiger partial charge in [-0.05, 0) is 18.2 Å². The molecule has 3 N–H and O–H groups in total. The van der Waals surface area contributed by atoms with Crippen LogP contribution in [0.15, 0.2) is 18.2 Å². The molecule has 0 amide bonds. The van der Waals surface area contributed by atoms with Crippen molar-refractivity contribution >= 4 is 34.5 Å². The standard InChI is InChI=1S/C12H15ClN2O2S/c13-8-1-2-10(12(14)18)11(5-8)15-3-4-17-9(6-15)7-16/h1-2,5,9,16H,3-4,6-7H2,(H2,14,18). The van der Waals surface area contributed by atoms with E-state index in [0.717, 1.165) is 17.8 Å². The number of aliphatic hydroxyl groups excluding tert-OH is 1. The van der Waals surface area contributed by atoms with Gasteiger partial charge >= 0.3 is 0 Å². The van der Waals surface area contributed by atoms with Crippen LogP contribution in [0, 0.1) is 0 Å². The van der Waals surface area contributed by atoms with E-state index in [1.807, 2.05) is 12.1 Å². The molecule has 1 aliphatic rings. The predicted octanol–water partition coefficient (Wildman–Crippen LogP) is 1.17. The molecule has 2 rings (SSSR count). The molecular weight excluding hydrogens is 272 g/mol. The first-order chi connectivity index (χ1) is 8.61. The molecule has 1 heterocycles. The van der Waals surface area contributed by atoms with E-state index in [2.05, 4.69) is 4.90 Å². The molecule has 6 heteroatoms. The highest BCUT2D eigenvalue weighted by atomic mass is 35.5. The number of hydrogen-bond acceptors (Lipinski definition) is 4. The second-order valence-corrected chi connectivity index (χ2v) is 5.02. The van der Waals surface area contributed by atoms with Gasteiger partial charge in [-0.25, -0.2) is 0 Å². The van der Waals surface area contributed by atoms with Gasteiger partial charge in [0, 0.05) is 29.4 Å². The predicted molar refractivity (Wildman–Crippen MR) is 76.4 cm³/mol. The minimum absolute atomic E-state index is 0.000525. The lowest BCUT2D eigenvalue weighted by Crippen LogP contribution is -2.44. The third-order valence-corrected chi connectivity index (χ3v) is 3.36. The normalized spacial score (nSPS) is 19.9. The van der Waals surface area contributed by atoms with Crippen molar-refractivity contribution in [3.63, 3.8) is 0 Å². The van der Waals surface area contributed by atoms with Gasteiger partial charge < -0.3 is 20.5 Å². The molecule has 1 unspecified atom stereocenters. The van der Waals surface area contributed by atoms with Crippen molar-refractivity contribution in [3.8, 4) is 0 Å². The second-order valence-electron chi connectivity index (χ2n) is 4.15. The number of rotatable bonds is 3. The summed E-state index contributed by atoms with van der Waals surface area (Å²) in [5, 5.41) is 9.80. The molecule has 98 valence electrons. The number of thiocarbonyl (C=S) groups is 1. The van der Waals surface area contributed by atoms with E-state index in [0.29, 0.717) is 23.2 Å². The highest BCUT2D eigenvalue weighted by Crippen LogP contribution is 2.26. The van der Waals surface area contributed by atoms with Gasteiger partial charge in [0.05, 0.1) is 19.3 Å². The van der Waals surface area contributed by atoms with Gasteiger partial charge in [0.15, 0.2) is 0 Å². The van der Waals surface area contributed by atoms with E-state index in [4.69, 9.17) is 39.4 Å². The average molecular weight is 287 g/mol. The molecule has 4 nitrogen and oxygen atoms in total. The fourth-order valence-corrected chi connectivity index (χ4v) is 2.36. The van der Waals surface area contributed by atoms with Crippen LogP contribution in [0.3, 0.4) is 0 Å². The first kappa shape index (κ1) is 13.5.